The number of rotatable bonds is 3. The molecule has 0 spiro atoms. The number of aryl methyl sites for hydroxylation is 2. The minimum absolute atomic E-state index is 0.101. The van der Waals surface area contributed by atoms with Crippen molar-refractivity contribution >= 4 is 27.3 Å². The lowest BCUT2D eigenvalue weighted by Crippen LogP contribution is -2.30. The number of thiazole rings is 1. The average molecular weight is 296 g/mol. The molecule has 7 heteroatoms. The summed E-state index contributed by atoms with van der Waals surface area (Å²) < 4.78 is 26.2. The van der Waals surface area contributed by atoms with E-state index >= 15 is 0 Å². The van der Waals surface area contributed by atoms with Crippen molar-refractivity contribution in [2.75, 3.05) is 0 Å². The highest BCUT2D eigenvalue weighted by atomic mass is 32.2. The number of nitrogens with one attached hydrogen (secondary N) is 1. The number of nitrogens with zero attached hydrogens (tertiary/aromatic N) is 1. The Morgan fingerprint density at radius 1 is 1.26 bits per heavy atom. The van der Waals surface area contributed by atoms with Crippen LogP contribution in [0, 0.1) is 13.8 Å². The summed E-state index contributed by atoms with van der Waals surface area (Å²) in [5, 5.41) is 0.707. The number of sulfonamides is 1. The third-order valence-corrected chi connectivity index (χ3v) is 4.86. The van der Waals surface area contributed by atoms with Crippen LogP contribution in [0.4, 0.5) is 0 Å². The topological polar surface area (TPSA) is 76.1 Å². The monoisotopic (exact) mass is 296 g/mol. The van der Waals surface area contributed by atoms with Crippen LogP contribution in [0.3, 0.4) is 0 Å². The second-order valence-corrected chi connectivity index (χ2v) is 6.83. The van der Waals surface area contributed by atoms with Gasteiger partial charge in [0, 0.05) is 0 Å². The Kier molecular flexibility index (Phi) is 3.68. The third kappa shape index (κ3) is 2.99. The number of hydrogen-bond acceptors (Lipinski definition) is 5. The first-order chi connectivity index (χ1) is 8.90. The molecular formula is C12H12N2O3S2. The molecule has 0 fully saturated rings. The molecule has 2 aromatic rings. The summed E-state index contributed by atoms with van der Waals surface area (Å²) in [6.45, 7) is 3.42. The molecule has 0 unspecified atom stereocenters. The molecule has 0 radical (unpaired) electrons. The van der Waals surface area contributed by atoms with Crippen LogP contribution in [0.25, 0.3) is 0 Å². The summed E-state index contributed by atoms with van der Waals surface area (Å²) in [5.41, 5.74) is 0.586. The van der Waals surface area contributed by atoms with E-state index < -0.39 is 15.9 Å². The summed E-state index contributed by atoms with van der Waals surface area (Å²) >= 11 is 1.15. The Bertz CT molecular complexity index is 720. The van der Waals surface area contributed by atoms with E-state index in [-0.39, 0.29) is 9.77 Å². The van der Waals surface area contributed by atoms with Crippen LogP contribution < -0.4 is 4.72 Å². The van der Waals surface area contributed by atoms with Crippen LogP contribution in [0.5, 0.6) is 0 Å². The molecular weight excluding hydrogens is 284 g/mol. The van der Waals surface area contributed by atoms with Crippen molar-refractivity contribution in [3.05, 3.63) is 45.9 Å². The fraction of sp³-hybridized carbons (Fsp3) is 0.167. The summed E-state index contributed by atoms with van der Waals surface area (Å²) in [6, 6.07) is 6.49. The zero-order valence-electron chi connectivity index (χ0n) is 10.4. The molecule has 0 aliphatic heterocycles. The van der Waals surface area contributed by atoms with E-state index in [0.29, 0.717) is 10.6 Å². The van der Waals surface area contributed by atoms with Crippen molar-refractivity contribution in [2.45, 2.75) is 18.7 Å². The van der Waals surface area contributed by atoms with Gasteiger partial charge < -0.3 is 0 Å². The maximum Gasteiger partial charge on any atom is 0.276 e. The van der Waals surface area contributed by atoms with Crippen molar-refractivity contribution in [2.24, 2.45) is 0 Å². The fourth-order valence-corrected chi connectivity index (χ4v) is 3.50. The van der Waals surface area contributed by atoms with Crippen LogP contribution in [-0.4, -0.2) is 19.3 Å². The second kappa shape index (κ2) is 5.10. The summed E-state index contributed by atoms with van der Waals surface area (Å²) in [7, 11) is -3.85. The van der Waals surface area contributed by atoms with E-state index in [9.17, 15) is 13.2 Å². The van der Waals surface area contributed by atoms with Gasteiger partial charge in [-0.1, -0.05) is 18.2 Å². The second-order valence-electron chi connectivity index (χ2n) is 3.94. The first-order valence-electron chi connectivity index (χ1n) is 5.45. The first kappa shape index (κ1) is 13.7. The van der Waals surface area contributed by atoms with Gasteiger partial charge in [-0.05, 0) is 25.5 Å². The van der Waals surface area contributed by atoms with E-state index in [4.69, 9.17) is 0 Å². The van der Waals surface area contributed by atoms with Crippen LogP contribution in [0.1, 0.15) is 20.2 Å². The molecule has 1 aromatic carbocycles. The van der Waals surface area contributed by atoms with Crippen molar-refractivity contribution in [1.82, 2.24) is 9.71 Å². The van der Waals surface area contributed by atoms with Crippen LogP contribution in [0.2, 0.25) is 0 Å². The normalized spacial score (nSPS) is 11.3. The molecule has 1 heterocycles. The Labute approximate surface area is 115 Å². The van der Waals surface area contributed by atoms with E-state index in [1.165, 1.54) is 12.3 Å². The zero-order chi connectivity index (χ0) is 14.0. The van der Waals surface area contributed by atoms with Gasteiger partial charge in [0.25, 0.3) is 15.9 Å². The lowest BCUT2D eigenvalue weighted by atomic mass is 10.2. The molecule has 1 aromatic heterocycles. The maximum absolute atomic E-state index is 12.1. The smallest absolute Gasteiger partial charge is 0.267 e. The van der Waals surface area contributed by atoms with Gasteiger partial charge in [-0.15, -0.1) is 11.3 Å². The van der Waals surface area contributed by atoms with Gasteiger partial charge >= 0.3 is 0 Å². The molecule has 5 nitrogen and oxygen atoms in total. The molecule has 19 heavy (non-hydrogen) atoms. The van der Waals surface area contributed by atoms with Gasteiger partial charge in [-0.2, -0.15) is 0 Å². The molecule has 0 saturated carbocycles. The highest BCUT2D eigenvalue weighted by Gasteiger charge is 2.21. The lowest BCUT2D eigenvalue weighted by molar-refractivity contribution is 0.0985. The summed E-state index contributed by atoms with van der Waals surface area (Å²) in [5.74, 6) is -0.658. The SMILES string of the molecule is Cc1ncc(C(=O)NS(=O)(=O)c2ccccc2C)s1. The maximum atomic E-state index is 12.1. The molecule has 100 valence electrons. The predicted molar refractivity (Wildman–Crippen MR) is 72.7 cm³/mol. The lowest BCUT2D eigenvalue weighted by Gasteiger charge is -2.07. The molecule has 0 aliphatic rings. The highest BCUT2D eigenvalue weighted by Crippen LogP contribution is 2.16. The third-order valence-electron chi connectivity index (χ3n) is 2.46. The quantitative estimate of drug-likeness (QED) is 0.938. The fourth-order valence-electron chi connectivity index (χ4n) is 1.55. The largest absolute Gasteiger partial charge is 0.276 e. The van der Waals surface area contributed by atoms with E-state index in [2.05, 4.69) is 4.98 Å². The molecule has 0 atom stereocenters. The molecule has 1 amide bonds. The Balaban J connectivity index is 2.28. The van der Waals surface area contributed by atoms with E-state index in [1.807, 2.05) is 4.72 Å². The minimum Gasteiger partial charge on any atom is -0.267 e. The van der Waals surface area contributed by atoms with Crippen LogP contribution in [-0.2, 0) is 10.0 Å². The van der Waals surface area contributed by atoms with Gasteiger partial charge in [0.1, 0.15) is 4.88 Å². The number of amides is 1. The number of hydrogen-bond donors (Lipinski definition) is 1. The molecule has 0 bridgehead atoms. The standard InChI is InChI=1S/C12H12N2O3S2/c1-8-5-3-4-6-11(8)19(16,17)14-12(15)10-7-13-9(2)18-10/h3-7H,1-2H3,(H,14,15). The average Bonchev–Trinajstić information content (AvgIpc) is 2.76. The Morgan fingerprint density at radius 3 is 2.53 bits per heavy atom. The molecule has 1 N–H and O–H groups in total. The first-order valence-corrected chi connectivity index (χ1v) is 7.75. The molecule has 0 aliphatic carbocycles. The van der Waals surface area contributed by atoms with Gasteiger partial charge in [-0.25, -0.2) is 18.1 Å². The minimum atomic E-state index is -3.85. The van der Waals surface area contributed by atoms with Gasteiger partial charge in [-0.3, -0.25) is 4.79 Å². The number of benzene rings is 1. The predicted octanol–water partition coefficient (Wildman–Crippen LogP) is 1.88. The number of carbonyl (C=O) groups excluding carboxylic acids is 1. The number of aromatic nitrogens is 1. The Morgan fingerprint density at radius 2 is 1.95 bits per heavy atom. The van der Waals surface area contributed by atoms with Gasteiger partial charge in [0.2, 0.25) is 0 Å². The van der Waals surface area contributed by atoms with Crippen molar-refractivity contribution < 1.29 is 13.2 Å². The van der Waals surface area contributed by atoms with E-state index in [0.717, 1.165) is 11.3 Å². The zero-order valence-corrected chi connectivity index (χ0v) is 12.0. The Hall–Kier alpha value is -1.73. The van der Waals surface area contributed by atoms with Gasteiger partial charge in [0.05, 0.1) is 16.1 Å². The molecule has 0 saturated heterocycles. The van der Waals surface area contributed by atoms with Crippen LogP contribution >= 0.6 is 11.3 Å². The highest BCUT2D eigenvalue weighted by molar-refractivity contribution is 7.90. The van der Waals surface area contributed by atoms with Crippen molar-refractivity contribution in [3.8, 4) is 0 Å². The summed E-state index contributed by atoms with van der Waals surface area (Å²) in [4.78, 5) is 16.1. The molecule has 2 rings (SSSR count). The van der Waals surface area contributed by atoms with Crippen molar-refractivity contribution in [3.63, 3.8) is 0 Å². The van der Waals surface area contributed by atoms with Crippen LogP contribution in [0.15, 0.2) is 35.4 Å². The van der Waals surface area contributed by atoms with Gasteiger partial charge in [0.15, 0.2) is 0 Å². The van der Waals surface area contributed by atoms with Crippen molar-refractivity contribution in [1.29, 1.82) is 0 Å². The van der Waals surface area contributed by atoms with E-state index in [1.54, 1.807) is 32.0 Å². The summed E-state index contributed by atoms with van der Waals surface area (Å²) in [6.07, 6.45) is 1.36. The number of carbonyl (C=O) groups is 1.